The Labute approximate surface area is 152 Å². The highest BCUT2D eigenvalue weighted by atomic mass is 16.5. The van der Waals surface area contributed by atoms with E-state index in [0.29, 0.717) is 12.3 Å². The molecule has 2 aromatic heterocycles. The molecule has 0 aliphatic rings. The molecule has 1 atom stereocenters. The third-order valence-electron chi connectivity index (χ3n) is 3.74. The number of hydrogen-bond acceptors (Lipinski definition) is 6. The predicted octanol–water partition coefficient (Wildman–Crippen LogP) is 2.18. The molecule has 138 valence electrons. The first-order valence-corrected chi connectivity index (χ1v) is 8.49. The van der Waals surface area contributed by atoms with Crippen LogP contribution < -0.4 is 5.32 Å². The molecule has 0 radical (unpaired) electrons. The van der Waals surface area contributed by atoms with Crippen molar-refractivity contribution >= 4 is 11.9 Å². The van der Waals surface area contributed by atoms with Crippen molar-refractivity contribution in [2.45, 2.75) is 32.8 Å². The number of aliphatic hydroxyl groups is 1. The van der Waals surface area contributed by atoms with E-state index in [2.05, 4.69) is 15.3 Å². The van der Waals surface area contributed by atoms with Crippen LogP contribution in [0.2, 0.25) is 0 Å². The van der Waals surface area contributed by atoms with Gasteiger partial charge in [0.2, 0.25) is 0 Å². The van der Waals surface area contributed by atoms with Crippen molar-refractivity contribution in [1.29, 1.82) is 0 Å². The summed E-state index contributed by atoms with van der Waals surface area (Å²) in [5.74, 6) is -1.02. The topological polar surface area (TPSA) is 101 Å². The Kier molecular flexibility index (Phi) is 6.80. The number of hydrogen-bond donors (Lipinski definition) is 2. The van der Waals surface area contributed by atoms with Crippen LogP contribution in [0.1, 0.15) is 63.8 Å². The quantitative estimate of drug-likeness (QED) is 0.582. The maximum absolute atomic E-state index is 12.3. The second-order valence-electron chi connectivity index (χ2n) is 5.84. The van der Waals surface area contributed by atoms with Gasteiger partial charge in [0.1, 0.15) is 11.8 Å². The number of esters is 1. The summed E-state index contributed by atoms with van der Waals surface area (Å²) in [6.45, 7) is 4.10. The van der Waals surface area contributed by atoms with Crippen LogP contribution in [0.5, 0.6) is 0 Å². The Bertz CT molecular complexity index is 792. The number of pyridine rings is 2. The Morgan fingerprint density at radius 1 is 1.23 bits per heavy atom. The third-order valence-corrected chi connectivity index (χ3v) is 3.74. The molecule has 2 aromatic rings. The van der Waals surface area contributed by atoms with Gasteiger partial charge >= 0.3 is 5.97 Å². The molecule has 26 heavy (non-hydrogen) atoms. The van der Waals surface area contributed by atoms with E-state index in [-0.39, 0.29) is 17.0 Å². The highest BCUT2D eigenvalue weighted by molar-refractivity contribution is 5.96. The fourth-order valence-electron chi connectivity index (χ4n) is 2.31. The number of ether oxygens (including phenoxy) is 1. The molecule has 7 heteroatoms. The fourth-order valence-corrected chi connectivity index (χ4v) is 2.31. The van der Waals surface area contributed by atoms with Crippen molar-refractivity contribution in [1.82, 2.24) is 15.3 Å². The molecular formula is C19H23N3O4. The van der Waals surface area contributed by atoms with E-state index in [4.69, 9.17) is 4.74 Å². The van der Waals surface area contributed by atoms with Crippen molar-refractivity contribution in [3.05, 3.63) is 58.7 Å². The lowest BCUT2D eigenvalue weighted by Crippen LogP contribution is -2.22. The number of aromatic nitrogens is 2. The number of aryl methyl sites for hydroxylation is 1. The standard InChI is InChI=1S/C19H23N3O4/c1-4-5-9-26-19(25)13-10-15(22-16(11-13)18(24)20-3)17(23)14-8-6-7-12(2)21-14/h6-8,10-11,17,23H,4-5,9H2,1-3H3,(H,20,24). The van der Waals surface area contributed by atoms with Gasteiger partial charge in [-0.3, -0.25) is 9.78 Å². The van der Waals surface area contributed by atoms with Crippen molar-refractivity contribution in [3.8, 4) is 0 Å². The zero-order chi connectivity index (χ0) is 19.1. The minimum absolute atomic E-state index is 0.0270. The summed E-state index contributed by atoms with van der Waals surface area (Å²) in [5, 5.41) is 13.1. The molecule has 0 spiro atoms. The molecule has 7 nitrogen and oxygen atoms in total. The highest BCUT2D eigenvalue weighted by Crippen LogP contribution is 2.21. The largest absolute Gasteiger partial charge is 0.462 e. The average molecular weight is 357 g/mol. The maximum Gasteiger partial charge on any atom is 0.338 e. The van der Waals surface area contributed by atoms with Crippen LogP contribution >= 0.6 is 0 Å². The molecule has 1 unspecified atom stereocenters. The maximum atomic E-state index is 12.3. The molecule has 0 aromatic carbocycles. The number of nitrogens with one attached hydrogen (secondary N) is 1. The van der Waals surface area contributed by atoms with Gasteiger partial charge in [0.25, 0.3) is 5.91 Å². The molecule has 1 amide bonds. The Balaban J connectivity index is 2.39. The van der Waals surface area contributed by atoms with Crippen LogP contribution in [0.3, 0.4) is 0 Å². The SMILES string of the molecule is CCCCOC(=O)c1cc(C(=O)NC)nc(C(O)c2cccc(C)n2)c1. The van der Waals surface area contributed by atoms with Crippen LogP contribution in [-0.2, 0) is 4.74 Å². The summed E-state index contributed by atoms with van der Waals surface area (Å²) in [6, 6.07) is 8.01. The van der Waals surface area contributed by atoms with Crippen molar-refractivity contribution in [2.75, 3.05) is 13.7 Å². The summed E-state index contributed by atoms with van der Waals surface area (Å²) in [6.07, 6.45) is 0.486. The molecule has 0 fully saturated rings. The highest BCUT2D eigenvalue weighted by Gasteiger charge is 2.20. The normalized spacial score (nSPS) is 11.7. The van der Waals surface area contributed by atoms with Crippen molar-refractivity contribution in [3.63, 3.8) is 0 Å². The second-order valence-corrected chi connectivity index (χ2v) is 5.84. The van der Waals surface area contributed by atoms with Gasteiger partial charge in [-0.1, -0.05) is 19.4 Å². The molecule has 2 rings (SSSR count). The van der Waals surface area contributed by atoms with Crippen LogP contribution in [0.15, 0.2) is 30.3 Å². The number of amides is 1. The molecule has 2 N–H and O–H groups in total. The van der Waals surface area contributed by atoms with Crippen LogP contribution in [-0.4, -0.2) is 40.6 Å². The minimum atomic E-state index is -1.17. The summed E-state index contributed by atoms with van der Waals surface area (Å²) in [5.41, 5.74) is 1.47. The van der Waals surface area contributed by atoms with E-state index in [1.165, 1.54) is 19.2 Å². The smallest absolute Gasteiger partial charge is 0.338 e. The van der Waals surface area contributed by atoms with Crippen LogP contribution in [0.4, 0.5) is 0 Å². The van der Waals surface area contributed by atoms with Crippen molar-refractivity contribution < 1.29 is 19.4 Å². The number of carbonyl (C=O) groups is 2. The number of carbonyl (C=O) groups excluding carboxylic acids is 2. The van der Waals surface area contributed by atoms with Crippen LogP contribution in [0.25, 0.3) is 0 Å². The summed E-state index contributed by atoms with van der Waals surface area (Å²) < 4.78 is 5.20. The number of unbranched alkanes of at least 4 members (excludes halogenated alkanes) is 1. The number of rotatable bonds is 7. The Hall–Kier alpha value is -2.80. The molecule has 0 bridgehead atoms. The zero-order valence-corrected chi connectivity index (χ0v) is 15.2. The van der Waals surface area contributed by atoms with Gasteiger partial charge in [-0.05, 0) is 37.6 Å². The lowest BCUT2D eigenvalue weighted by Gasteiger charge is -2.13. The van der Waals surface area contributed by atoms with E-state index in [1.54, 1.807) is 25.1 Å². The van der Waals surface area contributed by atoms with Gasteiger partial charge in [0, 0.05) is 12.7 Å². The Morgan fingerprint density at radius 3 is 2.65 bits per heavy atom. The molecule has 2 heterocycles. The lowest BCUT2D eigenvalue weighted by molar-refractivity contribution is 0.0499. The first-order chi connectivity index (χ1) is 12.5. The fraction of sp³-hybridized carbons (Fsp3) is 0.368. The molecule has 0 saturated heterocycles. The third kappa shape index (κ3) is 4.86. The zero-order valence-electron chi connectivity index (χ0n) is 15.2. The van der Waals surface area contributed by atoms with Crippen molar-refractivity contribution in [2.24, 2.45) is 0 Å². The van der Waals surface area contributed by atoms with Gasteiger partial charge in [-0.15, -0.1) is 0 Å². The predicted molar refractivity (Wildman–Crippen MR) is 95.9 cm³/mol. The van der Waals surface area contributed by atoms with E-state index in [9.17, 15) is 14.7 Å². The lowest BCUT2D eigenvalue weighted by atomic mass is 10.1. The van der Waals surface area contributed by atoms with E-state index < -0.39 is 18.0 Å². The monoisotopic (exact) mass is 357 g/mol. The molecule has 0 aliphatic carbocycles. The average Bonchev–Trinajstić information content (AvgIpc) is 2.66. The van der Waals surface area contributed by atoms with Gasteiger partial charge in [0.15, 0.2) is 0 Å². The second kappa shape index (κ2) is 9.05. The first-order valence-electron chi connectivity index (χ1n) is 8.49. The number of nitrogens with zero attached hydrogens (tertiary/aromatic N) is 2. The van der Waals surface area contributed by atoms with E-state index >= 15 is 0 Å². The molecule has 0 aliphatic heterocycles. The van der Waals surface area contributed by atoms with E-state index in [0.717, 1.165) is 18.5 Å². The summed E-state index contributed by atoms with van der Waals surface area (Å²) in [7, 11) is 1.47. The van der Waals surface area contributed by atoms with E-state index in [1.807, 2.05) is 6.92 Å². The van der Waals surface area contributed by atoms with Gasteiger partial charge < -0.3 is 15.2 Å². The molecular weight excluding hydrogens is 334 g/mol. The van der Waals surface area contributed by atoms with Gasteiger partial charge in [-0.25, -0.2) is 9.78 Å². The van der Waals surface area contributed by atoms with Gasteiger partial charge in [-0.2, -0.15) is 0 Å². The van der Waals surface area contributed by atoms with Crippen LogP contribution in [0, 0.1) is 6.92 Å². The summed E-state index contributed by atoms with van der Waals surface area (Å²) >= 11 is 0. The summed E-state index contributed by atoms with van der Waals surface area (Å²) in [4.78, 5) is 32.7. The minimum Gasteiger partial charge on any atom is -0.462 e. The van der Waals surface area contributed by atoms with Gasteiger partial charge in [0.05, 0.1) is 23.6 Å². The number of aliphatic hydroxyl groups excluding tert-OH is 1. The molecule has 0 saturated carbocycles. The Morgan fingerprint density at radius 2 is 2.00 bits per heavy atom. The first kappa shape index (κ1) is 19.5.